The molecule has 0 bridgehead atoms. The third-order valence-electron chi connectivity index (χ3n) is 4.94. The molecule has 8 heteroatoms. The zero-order valence-electron chi connectivity index (χ0n) is 17.5. The van der Waals surface area contributed by atoms with Crippen LogP contribution in [0.1, 0.15) is 28.8 Å². The van der Waals surface area contributed by atoms with Crippen molar-refractivity contribution < 1.29 is 23.8 Å². The molecule has 1 aliphatic rings. The lowest BCUT2D eigenvalue weighted by molar-refractivity contribution is 0.0792. The highest BCUT2D eigenvalue weighted by Crippen LogP contribution is 2.39. The lowest BCUT2D eigenvalue weighted by Gasteiger charge is -2.16. The summed E-state index contributed by atoms with van der Waals surface area (Å²) in [6, 6.07) is 10.2. The highest BCUT2D eigenvalue weighted by molar-refractivity contribution is 5.94. The van der Waals surface area contributed by atoms with Crippen molar-refractivity contribution in [2.75, 3.05) is 39.7 Å². The van der Waals surface area contributed by atoms with Gasteiger partial charge in [0.2, 0.25) is 5.75 Å². The van der Waals surface area contributed by atoms with Crippen molar-refractivity contribution in [3.05, 3.63) is 47.5 Å². The zero-order valence-corrected chi connectivity index (χ0v) is 17.5. The lowest BCUT2D eigenvalue weighted by atomic mass is 10.1. The maximum Gasteiger partial charge on any atom is 0.319 e. The molecule has 3 amide bonds. The van der Waals surface area contributed by atoms with E-state index in [4.69, 9.17) is 14.2 Å². The molecule has 0 atom stereocenters. The van der Waals surface area contributed by atoms with Crippen molar-refractivity contribution in [3.63, 3.8) is 0 Å². The summed E-state index contributed by atoms with van der Waals surface area (Å²) in [5.41, 5.74) is 1.99. The summed E-state index contributed by atoms with van der Waals surface area (Å²) in [5, 5.41) is 5.55. The van der Waals surface area contributed by atoms with E-state index in [9.17, 15) is 9.59 Å². The summed E-state index contributed by atoms with van der Waals surface area (Å²) in [4.78, 5) is 26.8. The average Bonchev–Trinajstić information content (AvgIpc) is 3.31. The van der Waals surface area contributed by atoms with Crippen LogP contribution in [0.2, 0.25) is 0 Å². The largest absolute Gasteiger partial charge is 0.493 e. The first-order chi connectivity index (χ1) is 14.5. The van der Waals surface area contributed by atoms with E-state index in [2.05, 4.69) is 10.6 Å². The topological polar surface area (TPSA) is 89.1 Å². The summed E-state index contributed by atoms with van der Waals surface area (Å²) in [6.07, 6.45) is 2.10. The van der Waals surface area contributed by atoms with Gasteiger partial charge in [0.1, 0.15) is 0 Å². The number of nitrogens with one attached hydrogen (secondary N) is 2. The number of hydrogen-bond acceptors (Lipinski definition) is 5. The third-order valence-corrected chi connectivity index (χ3v) is 4.94. The Morgan fingerprint density at radius 3 is 2.23 bits per heavy atom. The van der Waals surface area contributed by atoms with Crippen LogP contribution in [0.3, 0.4) is 0 Å². The fourth-order valence-corrected chi connectivity index (χ4v) is 3.43. The number of urea groups is 1. The van der Waals surface area contributed by atoms with E-state index in [1.54, 1.807) is 18.2 Å². The molecule has 8 nitrogen and oxygen atoms in total. The number of methoxy groups -OCH3 is 3. The van der Waals surface area contributed by atoms with Crippen LogP contribution in [0.4, 0.5) is 10.5 Å². The maximum atomic E-state index is 12.5. The summed E-state index contributed by atoms with van der Waals surface area (Å²) in [7, 11) is 4.54. The Bertz CT molecular complexity index is 884. The van der Waals surface area contributed by atoms with E-state index >= 15 is 0 Å². The van der Waals surface area contributed by atoms with Crippen LogP contribution in [-0.4, -0.2) is 51.3 Å². The number of anilines is 1. The van der Waals surface area contributed by atoms with Gasteiger partial charge in [0.05, 0.1) is 27.0 Å². The average molecular weight is 413 g/mol. The molecular weight excluding hydrogens is 386 g/mol. The molecule has 1 heterocycles. The number of nitrogens with zero attached hydrogens (tertiary/aromatic N) is 1. The molecule has 0 unspecified atom stereocenters. The maximum absolute atomic E-state index is 12.5. The summed E-state index contributed by atoms with van der Waals surface area (Å²) in [6.45, 7) is 1.90. The summed E-state index contributed by atoms with van der Waals surface area (Å²) < 4.78 is 15.9. The van der Waals surface area contributed by atoms with Gasteiger partial charge in [0, 0.05) is 37.3 Å². The SMILES string of the molecule is COc1cc(NC(=O)NCc2cccc(C(=O)N3CCCC3)c2)cc(OC)c1OC. The predicted octanol–water partition coefficient (Wildman–Crippen LogP) is 3.27. The Kier molecular flexibility index (Phi) is 7.00. The first-order valence-corrected chi connectivity index (χ1v) is 9.78. The molecule has 0 aliphatic carbocycles. The minimum atomic E-state index is -0.388. The Hall–Kier alpha value is -3.42. The molecule has 0 spiro atoms. The van der Waals surface area contributed by atoms with Crippen molar-refractivity contribution in [2.45, 2.75) is 19.4 Å². The van der Waals surface area contributed by atoms with Crippen LogP contribution >= 0.6 is 0 Å². The fraction of sp³-hybridized carbons (Fsp3) is 0.364. The van der Waals surface area contributed by atoms with Crippen molar-refractivity contribution in [2.24, 2.45) is 0 Å². The molecule has 2 aromatic carbocycles. The van der Waals surface area contributed by atoms with Crippen molar-refractivity contribution in [3.8, 4) is 17.2 Å². The number of rotatable bonds is 7. The minimum Gasteiger partial charge on any atom is -0.493 e. The number of amides is 3. The second-order valence-electron chi connectivity index (χ2n) is 6.92. The number of hydrogen-bond donors (Lipinski definition) is 2. The molecule has 0 saturated carbocycles. The molecule has 1 saturated heterocycles. The number of benzene rings is 2. The van der Waals surface area contributed by atoms with Gasteiger partial charge in [-0.05, 0) is 30.5 Å². The van der Waals surface area contributed by atoms with Crippen molar-refractivity contribution >= 4 is 17.6 Å². The first kappa shape index (κ1) is 21.3. The molecule has 0 radical (unpaired) electrons. The van der Waals surface area contributed by atoms with Crippen LogP contribution in [0.15, 0.2) is 36.4 Å². The smallest absolute Gasteiger partial charge is 0.319 e. The van der Waals surface area contributed by atoms with Crippen LogP contribution in [-0.2, 0) is 6.54 Å². The molecule has 1 fully saturated rings. The molecule has 1 aliphatic heterocycles. The monoisotopic (exact) mass is 413 g/mol. The van der Waals surface area contributed by atoms with E-state index < -0.39 is 0 Å². The molecule has 160 valence electrons. The first-order valence-electron chi connectivity index (χ1n) is 9.78. The molecule has 2 aromatic rings. The van der Waals surface area contributed by atoms with Crippen molar-refractivity contribution in [1.82, 2.24) is 10.2 Å². The van der Waals surface area contributed by atoms with Gasteiger partial charge in [0.15, 0.2) is 11.5 Å². The number of ether oxygens (including phenoxy) is 3. The second-order valence-corrected chi connectivity index (χ2v) is 6.92. The van der Waals surface area contributed by atoms with Gasteiger partial charge in [-0.25, -0.2) is 4.79 Å². The molecule has 0 aromatic heterocycles. The highest BCUT2D eigenvalue weighted by Gasteiger charge is 2.19. The lowest BCUT2D eigenvalue weighted by Crippen LogP contribution is -2.29. The quantitative estimate of drug-likeness (QED) is 0.727. The highest BCUT2D eigenvalue weighted by atomic mass is 16.5. The second kappa shape index (κ2) is 9.87. The Morgan fingerprint density at radius 1 is 0.967 bits per heavy atom. The van der Waals surface area contributed by atoms with Crippen LogP contribution in [0, 0.1) is 0 Å². The summed E-state index contributed by atoms with van der Waals surface area (Å²) >= 11 is 0. The molecule has 2 N–H and O–H groups in total. The van der Waals surface area contributed by atoms with E-state index in [1.807, 2.05) is 23.1 Å². The Balaban J connectivity index is 1.62. The number of carbonyl (C=O) groups excluding carboxylic acids is 2. The van der Waals surface area contributed by atoms with E-state index in [1.165, 1.54) is 21.3 Å². The van der Waals surface area contributed by atoms with Gasteiger partial charge in [-0.15, -0.1) is 0 Å². The Morgan fingerprint density at radius 2 is 1.63 bits per heavy atom. The zero-order chi connectivity index (χ0) is 21.5. The summed E-state index contributed by atoms with van der Waals surface area (Å²) in [5.74, 6) is 1.38. The normalized spacial score (nSPS) is 13.0. The fourth-order valence-electron chi connectivity index (χ4n) is 3.43. The van der Waals surface area contributed by atoms with Gasteiger partial charge in [-0.1, -0.05) is 12.1 Å². The van der Waals surface area contributed by atoms with Gasteiger partial charge >= 0.3 is 6.03 Å². The van der Waals surface area contributed by atoms with Crippen LogP contribution in [0.25, 0.3) is 0 Å². The van der Waals surface area contributed by atoms with E-state index in [0.29, 0.717) is 28.5 Å². The Labute approximate surface area is 176 Å². The van der Waals surface area contributed by atoms with Gasteiger partial charge in [-0.2, -0.15) is 0 Å². The standard InChI is InChI=1S/C22H27N3O5/c1-28-18-12-17(13-19(29-2)20(18)30-3)24-22(27)23-14-15-7-6-8-16(11-15)21(26)25-9-4-5-10-25/h6-8,11-13H,4-5,9-10,14H2,1-3H3,(H2,23,24,27). The molecule has 30 heavy (non-hydrogen) atoms. The van der Waals surface area contributed by atoms with Crippen molar-refractivity contribution in [1.29, 1.82) is 0 Å². The minimum absolute atomic E-state index is 0.0382. The van der Waals surface area contributed by atoms with Gasteiger partial charge in [0.25, 0.3) is 5.91 Å². The molecular formula is C22H27N3O5. The van der Waals surface area contributed by atoms with Gasteiger partial charge in [-0.3, -0.25) is 4.79 Å². The van der Waals surface area contributed by atoms with Crippen LogP contribution < -0.4 is 24.8 Å². The molecule has 3 rings (SSSR count). The van der Waals surface area contributed by atoms with Gasteiger partial charge < -0.3 is 29.7 Å². The number of likely N-dealkylation sites (tertiary alicyclic amines) is 1. The number of carbonyl (C=O) groups is 2. The predicted molar refractivity (Wildman–Crippen MR) is 114 cm³/mol. The third kappa shape index (κ3) is 4.94. The van der Waals surface area contributed by atoms with E-state index in [0.717, 1.165) is 31.5 Å². The van der Waals surface area contributed by atoms with E-state index in [-0.39, 0.29) is 18.5 Å². The van der Waals surface area contributed by atoms with Crippen LogP contribution in [0.5, 0.6) is 17.2 Å².